The summed E-state index contributed by atoms with van der Waals surface area (Å²) in [5.74, 6) is 2.97. The van der Waals surface area contributed by atoms with Crippen LogP contribution < -0.4 is 0 Å². The van der Waals surface area contributed by atoms with E-state index in [1.54, 1.807) is 5.57 Å². The van der Waals surface area contributed by atoms with E-state index in [1.165, 1.54) is 32.1 Å². The smallest absolute Gasteiger partial charge is 0.0178 e. The SMILES string of the molecule is C/C1=C/CCCC2CCC1C2C. The van der Waals surface area contributed by atoms with Gasteiger partial charge in [0.2, 0.25) is 0 Å². The molecule has 2 rings (SSSR count). The van der Waals surface area contributed by atoms with Gasteiger partial charge in [-0.2, -0.15) is 0 Å². The van der Waals surface area contributed by atoms with Crippen molar-refractivity contribution in [3.05, 3.63) is 11.6 Å². The van der Waals surface area contributed by atoms with Crippen LogP contribution in [-0.4, -0.2) is 0 Å². The molecule has 0 aromatic rings. The molecule has 0 saturated heterocycles. The lowest BCUT2D eigenvalue weighted by atomic mass is 9.82. The van der Waals surface area contributed by atoms with Gasteiger partial charge in [0.05, 0.1) is 0 Å². The molecule has 2 aliphatic rings. The van der Waals surface area contributed by atoms with Crippen LogP contribution in [0.2, 0.25) is 0 Å². The lowest BCUT2D eigenvalue weighted by Crippen LogP contribution is -2.13. The van der Waals surface area contributed by atoms with E-state index in [4.69, 9.17) is 0 Å². The summed E-state index contributed by atoms with van der Waals surface area (Å²) >= 11 is 0. The van der Waals surface area contributed by atoms with Crippen LogP contribution in [0.1, 0.15) is 46.0 Å². The van der Waals surface area contributed by atoms with Crippen LogP contribution in [0.15, 0.2) is 11.6 Å². The molecule has 2 bridgehead atoms. The average Bonchev–Trinajstić information content (AvgIpc) is 2.43. The molecule has 0 aromatic heterocycles. The van der Waals surface area contributed by atoms with Gasteiger partial charge >= 0.3 is 0 Å². The van der Waals surface area contributed by atoms with Crippen molar-refractivity contribution in [1.82, 2.24) is 0 Å². The van der Waals surface area contributed by atoms with Crippen LogP contribution in [0.4, 0.5) is 0 Å². The Morgan fingerprint density at radius 3 is 2.92 bits per heavy atom. The molecule has 0 aliphatic heterocycles. The van der Waals surface area contributed by atoms with Crippen molar-refractivity contribution in [1.29, 1.82) is 0 Å². The zero-order valence-electron chi connectivity index (χ0n) is 8.34. The van der Waals surface area contributed by atoms with Crippen LogP contribution in [-0.2, 0) is 0 Å². The molecule has 0 N–H and O–H groups in total. The lowest BCUT2D eigenvalue weighted by molar-refractivity contribution is 0.336. The van der Waals surface area contributed by atoms with Crippen molar-refractivity contribution in [2.45, 2.75) is 46.0 Å². The van der Waals surface area contributed by atoms with Crippen molar-refractivity contribution in [3.63, 3.8) is 0 Å². The maximum atomic E-state index is 2.49. The van der Waals surface area contributed by atoms with Crippen molar-refractivity contribution in [3.8, 4) is 0 Å². The van der Waals surface area contributed by atoms with Gasteiger partial charge in [-0.25, -0.2) is 0 Å². The first-order valence-corrected chi connectivity index (χ1v) is 5.45. The fourth-order valence-corrected chi connectivity index (χ4v) is 3.16. The predicted octanol–water partition coefficient (Wildman–Crippen LogP) is 3.78. The molecule has 0 nitrogen and oxygen atoms in total. The third kappa shape index (κ3) is 1.32. The fraction of sp³-hybridized carbons (Fsp3) is 0.833. The van der Waals surface area contributed by atoms with Gasteiger partial charge in [-0.1, -0.05) is 18.6 Å². The van der Waals surface area contributed by atoms with Crippen LogP contribution in [0.5, 0.6) is 0 Å². The maximum absolute atomic E-state index is 2.49. The normalized spacial score (nSPS) is 46.2. The molecule has 3 atom stereocenters. The highest BCUT2D eigenvalue weighted by Crippen LogP contribution is 2.44. The monoisotopic (exact) mass is 164 g/mol. The molecule has 68 valence electrons. The molecule has 0 amide bonds. The summed E-state index contributed by atoms with van der Waals surface area (Å²) in [6, 6.07) is 0. The molecule has 12 heavy (non-hydrogen) atoms. The largest absolute Gasteiger partial charge is 0.0853 e. The zero-order chi connectivity index (χ0) is 8.55. The summed E-state index contributed by atoms with van der Waals surface area (Å²) in [4.78, 5) is 0. The van der Waals surface area contributed by atoms with Gasteiger partial charge in [-0.3, -0.25) is 0 Å². The summed E-state index contributed by atoms with van der Waals surface area (Å²) in [7, 11) is 0. The van der Waals surface area contributed by atoms with Gasteiger partial charge < -0.3 is 0 Å². The first kappa shape index (κ1) is 8.34. The summed E-state index contributed by atoms with van der Waals surface area (Å²) in [6.07, 6.45) is 9.71. The van der Waals surface area contributed by atoms with Crippen molar-refractivity contribution < 1.29 is 0 Å². The van der Waals surface area contributed by atoms with Crippen LogP contribution in [0, 0.1) is 17.8 Å². The molecule has 1 saturated carbocycles. The molecule has 2 aliphatic carbocycles. The van der Waals surface area contributed by atoms with Gasteiger partial charge in [-0.15, -0.1) is 0 Å². The van der Waals surface area contributed by atoms with E-state index in [2.05, 4.69) is 19.9 Å². The van der Waals surface area contributed by atoms with Gasteiger partial charge in [0.1, 0.15) is 0 Å². The zero-order valence-corrected chi connectivity index (χ0v) is 8.34. The molecular formula is C12H20. The van der Waals surface area contributed by atoms with Crippen molar-refractivity contribution >= 4 is 0 Å². The van der Waals surface area contributed by atoms with Gasteiger partial charge in [0, 0.05) is 0 Å². The summed E-state index contributed by atoms with van der Waals surface area (Å²) < 4.78 is 0. The predicted molar refractivity (Wildman–Crippen MR) is 53.0 cm³/mol. The quantitative estimate of drug-likeness (QED) is 0.478. The highest BCUT2D eigenvalue weighted by atomic mass is 14.4. The summed E-state index contributed by atoms with van der Waals surface area (Å²) in [5, 5.41) is 0. The van der Waals surface area contributed by atoms with Crippen molar-refractivity contribution in [2.75, 3.05) is 0 Å². The molecule has 0 aromatic carbocycles. The van der Waals surface area contributed by atoms with E-state index < -0.39 is 0 Å². The average molecular weight is 164 g/mol. The van der Waals surface area contributed by atoms with Gasteiger partial charge in [0.25, 0.3) is 0 Å². The van der Waals surface area contributed by atoms with Gasteiger partial charge in [0.15, 0.2) is 0 Å². The highest BCUT2D eigenvalue weighted by molar-refractivity contribution is 5.09. The summed E-state index contributed by atoms with van der Waals surface area (Å²) in [6.45, 7) is 4.81. The molecule has 0 heterocycles. The van der Waals surface area contributed by atoms with Crippen LogP contribution >= 0.6 is 0 Å². The maximum Gasteiger partial charge on any atom is -0.0178 e. The minimum Gasteiger partial charge on any atom is -0.0853 e. The second-order valence-electron chi connectivity index (χ2n) is 4.68. The first-order chi connectivity index (χ1) is 5.79. The Morgan fingerprint density at radius 2 is 2.08 bits per heavy atom. The van der Waals surface area contributed by atoms with E-state index in [1.807, 2.05) is 0 Å². The van der Waals surface area contributed by atoms with Crippen LogP contribution in [0.25, 0.3) is 0 Å². The highest BCUT2D eigenvalue weighted by Gasteiger charge is 2.33. The number of fused-ring (bicyclic) bond motifs is 2. The lowest BCUT2D eigenvalue weighted by Gasteiger charge is -2.23. The number of allylic oxidation sites excluding steroid dienone is 2. The minimum atomic E-state index is 0.940. The summed E-state index contributed by atoms with van der Waals surface area (Å²) in [5.41, 5.74) is 1.68. The van der Waals surface area contributed by atoms with Crippen molar-refractivity contribution in [2.24, 2.45) is 17.8 Å². The standard InChI is InChI=1S/C12H20/c1-9-5-3-4-6-11-7-8-12(9)10(11)2/h5,10-12H,3-4,6-8H2,1-2H3/b9-5-. The fourth-order valence-electron chi connectivity index (χ4n) is 3.16. The Morgan fingerprint density at radius 1 is 1.25 bits per heavy atom. The minimum absolute atomic E-state index is 0.940. The van der Waals surface area contributed by atoms with Gasteiger partial charge in [-0.05, 0) is 56.8 Å². The number of rotatable bonds is 0. The third-order valence-corrected chi connectivity index (χ3v) is 4.06. The molecule has 3 unspecified atom stereocenters. The van der Waals surface area contributed by atoms with E-state index in [-0.39, 0.29) is 0 Å². The molecular weight excluding hydrogens is 144 g/mol. The molecule has 0 heteroatoms. The Hall–Kier alpha value is -0.260. The van der Waals surface area contributed by atoms with E-state index in [0.29, 0.717) is 0 Å². The van der Waals surface area contributed by atoms with E-state index in [9.17, 15) is 0 Å². The third-order valence-electron chi connectivity index (χ3n) is 4.06. The topological polar surface area (TPSA) is 0 Å². The van der Waals surface area contributed by atoms with E-state index in [0.717, 1.165) is 17.8 Å². The second-order valence-corrected chi connectivity index (χ2v) is 4.68. The molecule has 0 spiro atoms. The first-order valence-electron chi connectivity index (χ1n) is 5.45. The Labute approximate surface area is 76.1 Å². The molecule has 1 fully saturated rings. The Bertz CT molecular complexity index is 190. The number of hydrogen-bond acceptors (Lipinski definition) is 0. The van der Waals surface area contributed by atoms with E-state index >= 15 is 0 Å². The Kier molecular flexibility index (Phi) is 2.25. The second kappa shape index (κ2) is 3.24. The Balaban J connectivity index is 2.19. The number of hydrogen-bond donors (Lipinski definition) is 0. The van der Waals surface area contributed by atoms with Crippen LogP contribution in [0.3, 0.4) is 0 Å². The molecule has 0 radical (unpaired) electrons.